The Labute approximate surface area is 174 Å². The number of piperidine rings is 1. The van der Waals surface area contributed by atoms with E-state index in [1.165, 1.54) is 12.8 Å². The van der Waals surface area contributed by atoms with Gasteiger partial charge in [0.2, 0.25) is 0 Å². The van der Waals surface area contributed by atoms with Crippen molar-refractivity contribution < 1.29 is 19.1 Å². The van der Waals surface area contributed by atoms with E-state index in [9.17, 15) is 9.59 Å². The molecule has 1 aromatic carbocycles. The number of rotatable bonds is 6. The third kappa shape index (κ3) is 4.76. The minimum Gasteiger partial charge on any atom is -0.486 e. The predicted molar refractivity (Wildman–Crippen MR) is 114 cm³/mol. The Morgan fingerprint density at radius 3 is 2.62 bits per heavy atom. The number of ketones is 1. The molecule has 0 aromatic heterocycles. The van der Waals surface area contributed by atoms with Crippen molar-refractivity contribution in [2.45, 2.75) is 78.2 Å². The Morgan fingerprint density at radius 1 is 1.24 bits per heavy atom. The SMILES string of the molecule is CCCCC(CC)COC(=O)N1CCC2(CC1)CC(=O)c1ccc(C)c(C)c1O2. The van der Waals surface area contributed by atoms with Gasteiger partial charge >= 0.3 is 6.09 Å². The van der Waals surface area contributed by atoms with Crippen LogP contribution in [-0.2, 0) is 4.74 Å². The average Bonchev–Trinajstić information content (AvgIpc) is 2.71. The number of Topliss-reactive ketones (excluding diaryl/α,β-unsaturated/α-hetero) is 1. The molecule has 2 heterocycles. The van der Waals surface area contributed by atoms with Crippen LogP contribution in [0.2, 0.25) is 0 Å². The molecule has 29 heavy (non-hydrogen) atoms. The zero-order valence-electron chi connectivity index (χ0n) is 18.4. The van der Waals surface area contributed by atoms with Gasteiger partial charge in [-0.15, -0.1) is 0 Å². The van der Waals surface area contributed by atoms with Crippen LogP contribution < -0.4 is 4.74 Å². The largest absolute Gasteiger partial charge is 0.486 e. The first-order valence-corrected chi connectivity index (χ1v) is 11.1. The van der Waals surface area contributed by atoms with E-state index < -0.39 is 5.60 Å². The molecule has 0 radical (unpaired) electrons. The number of carbonyl (C=O) groups excluding carboxylic acids is 2. The van der Waals surface area contributed by atoms with Crippen molar-refractivity contribution in [3.63, 3.8) is 0 Å². The van der Waals surface area contributed by atoms with Gasteiger partial charge in [0.15, 0.2) is 5.78 Å². The number of hydrogen-bond donors (Lipinski definition) is 0. The van der Waals surface area contributed by atoms with Gasteiger partial charge in [-0.05, 0) is 43.4 Å². The zero-order valence-corrected chi connectivity index (χ0v) is 18.4. The molecule has 0 N–H and O–H groups in total. The van der Waals surface area contributed by atoms with Crippen LogP contribution in [0.15, 0.2) is 12.1 Å². The van der Waals surface area contributed by atoms with Crippen LogP contribution in [0.3, 0.4) is 0 Å². The minimum atomic E-state index is -0.494. The standard InChI is InChI=1S/C24H35NO4/c1-5-7-8-19(6-2)16-28-23(27)25-13-11-24(12-14-25)15-21(26)20-10-9-17(3)18(4)22(20)29-24/h9-10,19H,5-8,11-16H2,1-4H3. The van der Waals surface area contributed by atoms with Gasteiger partial charge in [0, 0.05) is 25.9 Å². The maximum atomic E-state index is 12.7. The van der Waals surface area contributed by atoms with E-state index in [0.717, 1.165) is 29.7 Å². The quantitative estimate of drug-likeness (QED) is 0.635. The highest BCUT2D eigenvalue weighted by Gasteiger charge is 2.44. The van der Waals surface area contributed by atoms with Gasteiger partial charge in [-0.3, -0.25) is 4.79 Å². The molecule has 1 spiro atoms. The summed E-state index contributed by atoms with van der Waals surface area (Å²) in [5.74, 6) is 1.32. The van der Waals surface area contributed by atoms with E-state index in [2.05, 4.69) is 13.8 Å². The number of carbonyl (C=O) groups is 2. The molecule has 1 aromatic rings. The second kappa shape index (κ2) is 9.19. The van der Waals surface area contributed by atoms with Crippen molar-refractivity contribution >= 4 is 11.9 Å². The number of hydrogen-bond acceptors (Lipinski definition) is 4. The van der Waals surface area contributed by atoms with E-state index >= 15 is 0 Å². The van der Waals surface area contributed by atoms with Crippen LogP contribution in [0.25, 0.3) is 0 Å². The summed E-state index contributed by atoms with van der Waals surface area (Å²) in [7, 11) is 0. The number of benzene rings is 1. The molecule has 2 aliphatic heterocycles. The van der Waals surface area contributed by atoms with Gasteiger partial charge in [0.05, 0.1) is 18.6 Å². The fourth-order valence-corrected chi connectivity index (χ4v) is 4.34. The highest BCUT2D eigenvalue weighted by molar-refractivity contribution is 6.01. The molecule has 0 bridgehead atoms. The Bertz CT molecular complexity index is 749. The first-order chi connectivity index (χ1) is 13.9. The third-order valence-corrected chi connectivity index (χ3v) is 6.70. The highest BCUT2D eigenvalue weighted by Crippen LogP contribution is 2.41. The van der Waals surface area contributed by atoms with Crippen molar-refractivity contribution in [2.24, 2.45) is 5.92 Å². The van der Waals surface area contributed by atoms with Crippen LogP contribution in [0.5, 0.6) is 5.75 Å². The molecule has 1 saturated heterocycles. The van der Waals surface area contributed by atoms with Crippen LogP contribution in [-0.4, -0.2) is 42.1 Å². The number of unbranched alkanes of at least 4 members (excludes halogenated alkanes) is 1. The normalized spacial score (nSPS) is 18.9. The van der Waals surface area contributed by atoms with Crippen molar-refractivity contribution in [3.05, 3.63) is 28.8 Å². The molecule has 1 atom stereocenters. The average molecular weight is 402 g/mol. The summed E-state index contributed by atoms with van der Waals surface area (Å²) in [6.45, 7) is 10.0. The number of likely N-dealkylation sites (tertiary alicyclic amines) is 1. The fourth-order valence-electron chi connectivity index (χ4n) is 4.34. The highest BCUT2D eigenvalue weighted by atomic mass is 16.6. The second-order valence-electron chi connectivity index (χ2n) is 8.75. The molecule has 0 saturated carbocycles. The molecular weight excluding hydrogens is 366 g/mol. The first kappa shape index (κ1) is 21.7. The topological polar surface area (TPSA) is 55.8 Å². The van der Waals surface area contributed by atoms with Crippen LogP contribution in [0, 0.1) is 19.8 Å². The van der Waals surface area contributed by atoms with Gasteiger partial charge in [-0.1, -0.05) is 39.2 Å². The van der Waals surface area contributed by atoms with Gasteiger partial charge in [-0.2, -0.15) is 0 Å². The van der Waals surface area contributed by atoms with Gasteiger partial charge in [-0.25, -0.2) is 4.79 Å². The van der Waals surface area contributed by atoms with Crippen LogP contribution in [0.1, 0.15) is 80.3 Å². The lowest BCUT2D eigenvalue weighted by Crippen LogP contribution is -2.52. The summed E-state index contributed by atoms with van der Waals surface area (Å²) in [5, 5.41) is 0. The summed E-state index contributed by atoms with van der Waals surface area (Å²) >= 11 is 0. The third-order valence-electron chi connectivity index (χ3n) is 6.70. The second-order valence-corrected chi connectivity index (χ2v) is 8.75. The minimum absolute atomic E-state index is 0.145. The number of aryl methyl sites for hydroxylation is 1. The van der Waals surface area contributed by atoms with Gasteiger partial charge < -0.3 is 14.4 Å². The zero-order chi connectivity index (χ0) is 21.0. The molecule has 2 aliphatic rings. The Hall–Kier alpha value is -2.04. The van der Waals surface area contributed by atoms with Crippen molar-refractivity contribution in [1.29, 1.82) is 0 Å². The summed E-state index contributed by atoms with van der Waals surface area (Å²) in [6, 6.07) is 3.86. The van der Waals surface area contributed by atoms with Gasteiger partial charge in [0.1, 0.15) is 11.4 Å². The molecular formula is C24H35NO4. The number of nitrogens with zero attached hydrogens (tertiary/aromatic N) is 1. The van der Waals surface area contributed by atoms with Crippen molar-refractivity contribution in [2.75, 3.05) is 19.7 Å². The summed E-state index contributed by atoms with van der Waals surface area (Å²) in [5.41, 5.74) is 2.36. The van der Waals surface area contributed by atoms with Crippen LogP contribution >= 0.6 is 0 Å². The molecule has 5 nitrogen and oxygen atoms in total. The summed E-state index contributed by atoms with van der Waals surface area (Å²) < 4.78 is 12.0. The van der Waals surface area contributed by atoms with E-state index in [4.69, 9.17) is 9.47 Å². The lowest BCUT2D eigenvalue weighted by molar-refractivity contribution is -0.0111. The smallest absolute Gasteiger partial charge is 0.409 e. The molecule has 3 rings (SSSR count). The van der Waals surface area contributed by atoms with E-state index in [0.29, 0.717) is 50.4 Å². The Kier molecular flexibility index (Phi) is 6.86. The number of ether oxygens (including phenoxy) is 2. The maximum absolute atomic E-state index is 12.7. The fraction of sp³-hybridized carbons (Fsp3) is 0.667. The predicted octanol–water partition coefficient (Wildman–Crippen LogP) is 5.46. The van der Waals surface area contributed by atoms with Gasteiger partial charge in [0.25, 0.3) is 0 Å². The molecule has 160 valence electrons. The van der Waals surface area contributed by atoms with Crippen LogP contribution in [0.4, 0.5) is 4.79 Å². The van der Waals surface area contributed by atoms with E-state index in [1.54, 1.807) is 4.90 Å². The lowest BCUT2D eigenvalue weighted by Gasteiger charge is -2.44. The van der Waals surface area contributed by atoms with E-state index in [-0.39, 0.29) is 11.9 Å². The monoisotopic (exact) mass is 401 g/mol. The molecule has 0 aliphatic carbocycles. The van der Waals surface area contributed by atoms with E-state index in [1.807, 2.05) is 26.0 Å². The van der Waals surface area contributed by atoms with Crippen molar-refractivity contribution in [3.8, 4) is 5.75 Å². The number of amides is 1. The first-order valence-electron chi connectivity index (χ1n) is 11.1. The number of fused-ring (bicyclic) bond motifs is 1. The summed E-state index contributed by atoms with van der Waals surface area (Å²) in [4.78, 5) is 27.0. The maximum Gasteiger partial charge on any atom is 0.409 e. The molecule has 1 unspecified atom stereocenters. The molecule has 1 fully saturated rings. The molecule has 5 heteroatoms. The summed E-state index contributed by atoms with van der Waals surface area (Å²) in [6.07, 6.45) is 5.96. The Morgan fingerprint density at radius 2 is 1.97 bits per heavy atom. The Balaban J connectivity index is 1.58. The molecule has 1 amide bonds. The van der Waals surface area contributed by atoms with Crippen molar-refractivity contribution in [1.82, 2.24) is 4.90 Å². The lowest BCUT2D eigenvalue weighted by atomic mass is 9.81.